The summed E-state index contributed by atoms with van der Waals surface area (Å²) in [6.07, 6.45) is -5.20. The maximum absolute atomic E-state index is 12.4. The molecule has 4 nitrogen and oxygen atoms in total. The predicted molar refractivity (Wildman–Crippen MR) is 63.4 cm³/mol. The molecule has 0 saturated heterocycles. The molecule has 0 radical (unpaired) electrons. The first-order valence-electron chi connectivity index (χ1n) is 5.42. The molecule has 8 heteroatoms. The number of hydrazone groups is 1. The average Bonchev–Trinajstić information content (AvgIpc) is 2.79. The van der Waals surface area contributed by atoms with Crippen LogP contribution >= 0.6 is 0 Å². The standard InChI is InChI=1S/C11H11F3N2O2S/c1-7-2-4-8(5-3-7)19(17,18)10-6-9(15-16-10)11(12,13)14/h2-5,9,15H,6H2,1H3. The fourth-order valence-electron chi connectivity index (χ4n) is 1.63. The lowest BCUT2D eigenvalue weighted by Gasteiger charge is -2.13. The minimum atomic E-state index is -4.52. The Hall–Kier alpha value is -1.57. The largest absolute Gasteiger partial charge is 0.410 e. The SMILES string of the molecule is Cc1ccc(S(=O)(=O)C2=NNC(C(F)(F)F)C2)cc1. The molecule has 1 heterocycles. The van der Waals surface area contributed by atoms with E-state index in [1.165, 1.54) is 12.1 Å². The molecule has 1 aliphatic heterocycles. The first kappa shape index (κ1) is 13.9. The van der Waals surface area contributed by atoms with Gasteiger partial charge < -0.3 is 0 Å². The second-order valence-electron chi connectivity index (χ2n) is 4.25. The highest BCUT2D eigenvalue weighted by Crippen LogP contribution is 2.28. The molecule has 0 fully saturated rings. The van der Waals surface area contributed by atoms with Gasteiger partial charge in [-0.2, -0.15) is 18.3 Å². The van der Waals surface area contributed by atoms with Crippen molar-refractivity contribution >= 4 is 14.9 Å². The van der Waals surface area contributed by atoms with Gasteiger partial charge in [0.25, 0.3) is 0 Å². The highest BCUT2D eigenvalue weighted by atomic mass is 32.2. The van der Waals surface area contributed by atoms with Crippen LogP contribution in [0.4, 0.5) is 13.2 Å². The highest BCUT2D eigenvalue weighted by Gasteiger charge is 2.45. The fourth-order valence-corrected chi connectivity index (χ4v) is 2.95. The molecule has 0 saturated carbocycles. The zero-order valence-electron chi connectivity index (χ0n) is 9.90. The molecular weight excluding hydrogens is 281 g/mol. The summed E-state index contributed by atoms with van der Waals surface area (Å²) in [7, 11) is -3.96. The van der Waals surface area contributed by atoms with E-state index in [2.05, 4.69) is 5.10 Å². The first-order valence-corrected chi connectivity index (χ1v) is 6.90. The van der Waals surface area contributed by atoms with Crippen molar-refractivity contribution in [3.63, 3.8) is 0 Å². The van der Waals surface area contributed by atoms with Crippen LogP contribution in [-0.2, 0) is 9.84 Å². The summed E-state index contributed by atoms with van der Waals surface area (Å²) in [6, 6.07) is 3.93. The molecule has 19 heavy (non-hydrogen) atoms. The second-order valence-corrected chi connectivity index (χ2v) is 6.20. The number of rotatable bonds is 1. The lowest BCUT2D eigenvalue weighted by atomic mass is 10.2. The van der Waals surface area contributed by atoms with Crippen LogP contribution < -0.4 is 5.43 Å². The molecule has 2 rings (SSSR count). The molecule has 1 N–H and O–H groups in total. The first-order chi connectivity index (χ1) is 8.71. The van der Waals surface area contributed by atoms with Crippen LogP contribution in [0.5, 0.6) is 0 Å². The zero-order valence-corrected chi connectivity index (χ0v) is 10.7. The lowest BCUT2D eigenvalue weighted by molar-refractivity contribution is -0.151. The van der Waals surface area contributed by atoms with Crippen molar-refractivity contribution in [1.29, 1.82) is 0 Å². The maximum atomic E-state index is 12.4. The number of hydrogen-bond donors (Lipinski definition) is 1. The van der Waals surface area contributed by atoms with Gasteiger partial charge in [0, 0.05) is 6.42 Å². The number of alkyl halides is 3. The zero-order chi connectivity index (χ0) is 14.3. The summed E-state index contributed by atoms with van der Waals surface area (Å²) in [5.41, 5.74) is 2.68. The molecule has 1 unspecified atom stereocenters. The van der Waals surface area contributed by atoms with Crippen LogP contribution in [0, 0.1) is 6.92 Å². The minimum Gasteiger partial charge on any atom is -0.296 e. The molecule has 1 aromatic rings. The number of hydrogen-bond acceptors (Lipinski definition) is 4. The third kappa shape index (κ3) is 2.73. The van der Waals surface area contributed by atoms with Gasteiger partial charge in [-0.15, -0.1) is 0 Å². The molecule has 1 aromatic carbocycles. The van der Waals surface area contributed by atoms with Crippen molar-refractivity contribution in [1.82, 2.24) is 5.43 Å². The van der Waals surface area contributed by atoms with E-state index in [-0.39, 0.29) is 4.90 Å². The van der Waals surface area contributed by atoms with E-state index in [1.807, 2.05) is 5.43 Å². The Morgan fingerprint density at radius 1 is 1.26 bits per heavy atom. The topological polar surface area (TPSA) is 58.5 Å². The van der Waals surface area contributed by atoms with Crippen molar-refractivity contribution in [2.24, 2.45) is 5.10 Å². The number of sulfone groups is 1. The van der Waals surface area contributed by atoms with Crippen LogP contribution in [0.3, 0.4) is 0 Å². The average molecular weight is 292 g/mol. The van der Waals surface area contributed by atoms with Gasteiger partial charge in [0.05, 0.1) is 4.90 Å². The van der Waals surface area contributed by atoms with E-state index in [1.54, 1.807) is 19.1 Å². The molecular formula is C11H11F3N2O2S. The number of halogens is 3. The summed E-state index contributed by atoms with van der Waals surface area (Å²) < 4.78 is 61.5. The third-order valence-electron chi connectivity index (χ3n) is 2.76. The van der Waals surface area contributed by atoms with E-state index in [9.17, 15) is 21.6 Å². The normalized spacial score (nSPS) is 20.0. The number of nitrogens with zero attached hydrogens (tertiary/aromatic N) is 1. The van der Waals surface area contributed by atoms with Crippen molar-refractivity contribution in [2.45, 2.75) is 30.5 Å². The Bertz CT molecular complexity index is 606. The smallest absolute Gasteiger partial charge is 0.296 e. The van der Waals surface area contributed by atoms with Crippen LogP contribution in [0.1, 0.15) is 12.0 Å². The van der Waals surface area contributed by atoms with E-state index >= 15 is 0 Å². The van der Waals surface area contributed by atoms with E-state index in [0.717, 1.165) is 5.56 Å². The van der Waals surface area contributed by atoms with E-state index < -0.39 is 33.5 Å². The van der Waals surface area contributed by atoms with Crippen LogP contribution in [-0.4, -0.2) is 25.7 Å². The quantitative estimate of drug-likeness (QED) is 0.861. The van der Waals surface area contributed by atoms with Gasteiger partial charge in [-0.3, -0.25) is 5.43 Å². The van der Waals surface area contributed by atoms with Gasteiger partial charge in [-0.1, -0.05) is 17.7 Å². The Morgan fingerprint density at radius 2 is 1.84 bits per heavy atom. The number of aryl methyl sites for hydroxylation is 1. The predicted octanol–water partition coefficient (Wildman–Crippen LogP) is 2.01. The van der Waals surface area contributed by atoms with Crippen LogP contribution in [0.15, 0.2) is 34.3 Å². The molecule has 104 valence electrons. The van der Waals surface area contributed by atoms with Crippen LogP contribution in [0.2, 0.25) is 0 Å². The summed E-state index contributed by atoms with van der Waals surface area (Å²) in [5.74, 6) is 0. The van der Waals surface area contributed by atoms with Gasteiger partial charge in [-0.05, 0) is 19.1 Å². The van der Waals surface area contributed by atoms with Gasteiger partial charge >= 0.3 is 6.18 Å². The van der Waals surface area contributed by atoms with Crippen molar-refractivity contribution in [3.05, 3.63) is 29.8 Å². The summed E-state index contributed by atoms with van der Waals surface area (Å²) in [5, 5.41) is 2.83. The molecule has 0 bridgehead atoms. The maximum Gasteiger partial charge on any atom is 0.410 e. The van der Waals surface area contributed by atoms with Gasteiger partial charge in [0.1, 0.15) is 6.04 Å². The number of nitrogens with one attached hydrogen (secondary N) is 1. The Kier molecular flexibility index (Phi) is 3.29. The molecule has 1 atom stereocenters. The summed E-state index contributed by atoms with van der Waals surface area (Å²) in [6.45, 7) is 1.78. The minimum absolute atomic E-state index is 0.0542. The molecule has 0 aliphatic carbocycles. The van der Waals surface area contributed by atoms with Gasteiger partial charge in [0.2, 0.25) is 9.84 Å². The van der Waals surface area contributed by atoms with Crippen molar-refractivity contribution < 1.29 is 21.6 Å². The van der Waals surface area contributed by atoms with Gasteiger partial charge in [-0.25, -0.2) is 8.42 Å². The van der Waals surface area contributed by atoms with E-state index in [4.69, 9.17) is 0 Å². The molecule has 1 aliphatic rings. The Morgan fingerprint density at radius 3 is 2.32 bits per heavy atom. The van der Waals surface area contributed by atoms with Crippen molar-refractivity contribution in [3.8, 4) is 0 Å². The summed E-state index contributed by atoms with van der Waals surface area (Å²) in [4.78, 5) is -0.0542. The van der Waals surface area contributed by atoms with Gasteiger partial charge in [0.15, 0.2) is 5.04 Å². The Balaban J connectivity index is 2.26. The number of benzene rings is 1. The lowest BCUT2D eigenvalue weighted by Crippen LogP contribution is -2.36. The molecule has 0 amide bonds. The third-order valence-corrected chi connectivity index (χ3v) is 4.53. The van der Waals surface area contributed by atoms with Crippen LogP contribution in [0.25, 0.3) is 0 Å². The molecule has 0 spiro atoms. The highest BCUT2D eigenvalue weighted by molar-refractivity contribution is 8.06. The monoisotopic (exact) mass is 292 g/mol. The molecule has 0 aromatic heterocycles. The fraction of sp³-hybridized carbons (Fsp3) is 0.364. The Labute approximate surface area is 108 Å². The second kappa shape index (κ2) is 4.52. The summed E-state index contributed by atoms with van der Waals surface area (Å²) >= 11 is 0. The van der Waals surface area contributed by atoms with Crippen molar-refractivity contribution in [2.75, 3.05) is 0 Å². The van der Waals surface area contributed by atoms with E-state index in [0.29, 0.717) is 0 Å².